The molecule has 1 saturated heterocycles. The molecule has 3 rings (SSSR count). The van der Waals surface area contributed by atoms with Gasteiger partial charge in [-0.2, -0.15) is 0 Å². The fourth-order valence-electron chi connectivity index (χ4n) is 3.70. The molecule has 2 aromatic carbocycles. The fraction of sp³-hybridized carbons (Fsp3) is 0.300. The van der Waals surface area contributed by atoms with E-state index in [9.17, 15) is 9.59 Å². The maximum atomic E-state index is 12.8. The van der Waals surface area contributed by atoms with E-state index in [2.05, 4.69) is 51.1 Å². The van der Waals surface area contributed by atoms with Crippen LogP contribution in [0.4, 0.5) is 16.2 Å². The van der Waals surface area contributed by atoms with Crippen LogP contribution in [0, 0.1) is 6.92 Å². The van der Waals surface area contributed by atoms with E-state index in [0.717, 1.165) is 38.3 Å². The number of carbonyl (C=O) groups excluding carboxylic acids is 2. The summed E-state index contributed by atoms with van der Waals surface area (Å²) in [5.41, 5.74) is 4.52. The topological polar surface area (TPSA) is 89.1 Å². The predicted molar refractivity (Wildman–Crippen MR) is 159 cm³/mol. The number of amides is 3. The molecule has 0 bridgehead atoms. The van der Waals surface area contributed by atoms with Crippen LogP contribution < -0.4 is 16.0 Å². The monoisotopic (exact) mass is 516 g/mol. The molecule has 0 spiro atoms. The van der Waals surface area contributed by atoms with Crippen LogP contribution in [0.25, 0.3) is 0 Å². The molecule has 0 saturated carbocycles. The molecule has 3 N–H and O–H groups in total. The van der Waals surface area contributed by atoms with Crippen LogP contribution in [0.3, 0.4) is 0 Å². The summed E-state index contributed by atoms with van der Waals surface area (Å²) in [5, 5.41) is 8.33. The van der Waals surface area contributed by atoms with Crippen molar-refractivity contribution < 1.29 is 9.59 Å². The molecule has 0 unspecified atom stereocenters. The number of anilines is 2. The van der Waals surface area contributed by atoms with Crippen molar-refractivity contribution >= 4 is 30.0 Å². The van der Waals surface area contributed by atoms with Crippen LogP contribution in [0.2, 0.25) is 0 Å². The number of hydrogen-bond donors (Lipinski definition) is 3. The lowest BCUT2D eigenvalue weighted by Crippen LogP contribution is -2.43. The zero-order valence-corrected chi connectivity index (χ0v) is 23.0. The largest absolute Gasteiger partial charge is 0.323 e. The molecule has 0 aliphatic carbocycles. The van der Waals surface area contributed by atoms with E-state index in [4.69, 9.17) is 0 Å². The Balaban J connectivity index is 0.00000247. The van der Waals surface area contributed by atoms with E-state index in [1.807, 2.05) is 51.1 Å². The molecule has 8 heteroatoms. The summed E-state index contributed by atoms with van der Waals surface area (Å²) in [6, 6.07) is 12.7. The van der Waals surface area contributed by atoms with Crippen molar-refractivity contribution in [2.24, 2.45) is 4.99 Å². The second kappa shape index (κ2) is 16.0. The highest BCUT2D eigenvalue weighted by atomic mass is 16.2. The van der Waals surface area contributed by atoms with E-state index in [0.29, 0.717) is 22.5 Å². The summed E-state index contributed by atoms with van der Waals surface area (Å²) < 4.78 is 0. The maximum absolute atomic E-state index is 12.8. The minimum atomic E-state index is -0.413. The van der Waals surface area contributed by atoms with Crippen LogP contribution in [0.1, 0.15) is 35.3 Å². The minimum Gasteiger partial charge on any atom is -0.322 e. The summed E-state index contributed by atoms with van der Waals surface area (Å²) >= 11 is 0. The number of nitrogens with one attached hydrogen (secondary N) is 3. The van der Waals surface area contributed by atoms with E-state index >= 15 is 0 Å². The minimum absolute atomic E-state index is 0.206. The number of allylic oxidation sites excluding steroid dienone is 3. The Labute approximate surface area is 226 Å². The zero-order valence-electron chi connectivity index (χ0n) is 23.0. The van der Waals surface area contributed by atoms with Crippen molar-refractivity contribution in [2.45, 2.75) is 27.3 Å². The van der Waals surface area contributed by atoms with Gasteiger partial charge in [-0.05, 0) is 67.7 Å². The Morgan fingerprint density at radius 1 is 1.03 bits per heavy atom. The van der Waals surface area contributed by atoms with Gasteiger partial charge in [0.25, 0.3) is 5.91 Å². The van der Waals surface area contributed by atoms with Crippen LogP contribution in [0.15, 0.2) is 84.2 Å². The van der Waals surface area contributed by atoms with Crippen LogP contribution in [-0.4, -0.2) is 61.7 Å². The molecule has 3 amide bonds. The molecule has 2 aromatic rings. The Bertz CT molecular complexity index is 1150. The Morgan fingerprint density at radius 2 is 1.71 bits per heavy atom. The van der Waals surface area contributed by atoms with Gasteiger partial charge in [0.15, 0.2) is 0 Å². The van der Waals surface area contributed by atoms with Gasteiger partial charge in [-0.1, -0.05) is 44.7 Å². The molecule has 1 heterocycles. The molecule has 0 atom stereocenters. The fourth-order valence-corrected chi connectivity index (χ4v) is 3.70. The molecule has 8 nitrogen and oxygen atoms in total. The number of hydrogen-bond acceptors (Lipinski definition) is 5. The van der Waals surface area contributed by atoms with Crippen LogP contribution in [-0.2, 0) is 6.54 Å². The summed E-state index contributed by atoms with van der Waals surface area (Å²) in [6.07, 6.45) is 6.27. The first-order valence-corrected chi connectivity index (χ1v) is 12.8. The van der Waals surface area contributed by atoms with Gasteiger partial charge in [0.1, 0.15) is 0 Å². The summed E-state index contributed by atoms with van der Waals surface area (Å²) in [6.45, 7) is 18.1. The van der Waals surface area contributed by atoms with Crippen LogP contribution in [0.5, 0.6) is 0 Å². The van der Waals surface area contributed by atoms with Crippen molar-refractivity contribution in [2.75, 3.05) is 43.9 Å². The van der Waals surface area contributed by atoms with E-state index in [1.165, 1.54) is 18.0 Å². The van der Waals surface area contributed by atoms with Gasteiger partial charge in [0.2, 0.25) is 0 Å². The number of likely N-dealkylation sites (N-methyl/N-ethyl adjacent to an activating group) is 1. The number of aryl methyl sites for hydroxylation is 1. The number of rotatable bonds is 9. The average Bonchev–Trinajstić information content (AvgIpc) is 2.93. The Hall–Kier alpha value is -4.01. The van der Waals surface area contributed by atoms with Gasteiger partial charge in [-0.25, -0.2) is 4.79 Å². The highest BCUT2D eigenvalue weighted by Gasteiger charge is 2.14. The third kappa shape index (κ3) is 9.80. The number of piperazine rings is 1. The molecule has 1 aliphatic heterocycles. The number of nitrogens with zero attached hydrogens (tertiary/aromatic N) is 3. The van der Waals surface area contributed by atoms with Gasteiger partial charge in [0, 0.05) is 62.1 Å². The van der Waals surface area contributed by atoms with E-state index < -0.39 is 6.03 Å². The number of benzene rings is 2. The molecule has 0 radical (unpaired) electrons. The Kier molecular flexibility index (Phi) is 12.7. The lowest BCUT2D eigenvalue weighted by molar-refractivity contribution is 0.102. The van der Waals surface area contributed by atoms with Gasteiger partial charge < -0.3 is 20.9 Å². The molecule has 202 valence electrons. The van der Waals surface area contributed by atoms with Crippen molar-refractivity contribution in [1.29, 1.82) is 0 Å². The van der Waals surface area contributed by atoms with Crippen molar-refractivity contribution in [3.63, 3.8) is 0 Å². The standard InChI is InChI=1S/C28H34N6O2.C2H6/c1-5-22(19-29-3)12-13-30-28(36)32-26-18-25(11-6-21(26)2)31-27(35)24-9-7-23(8-10-24)20-34-16-14-33(4)15-17-34;1-2/h5-13,18-19H,1,3,14-17,20H2,2,4H3,(H,31,35)(H2,30,32,36);1-2H3/b13-12+,22-19+;. The lowest BCUT2D eigenvalue weighted by atomic mass is 10.1. The second-order valence-electron chi connectivity index (χ2n) is 8.71. The molecule has 0 aromatic heterocycles. The first-order chi connectivity index (χ1) is 18.4. The van der Waals surface area contributed by atoms with Crippen molar-refractivity contribution in [1.82, 2.24) is 15.1 Å². The van der Waals surface area contributed by atoms with Crippen molar-refractivity contribution in [3.8, 4) is 0 Å². The first kappa shape index (κ1) is 30.2. The zero-order chi connectivity index (χ0) is 27.9. The molecular weight excluding hydrogens is 476 g/mol. The normalized spacial score (nSPS) is 14.3. The van der Waals surface area contributed by atoms with E-state index in [-0.39, 0.29) is 5.91 Å². The third-order valence-electron chi connectivity index (χ3n) is 5.93. The highest BCUT2D eigenvalue weighted by Crippen LogP contribution is 2.21. The lowest BCUT2D eigenvalue weighted by Gasteiger charge is -2.32. The van der Waals surface area contributed by atoms with Crippen molar-refractivity contribution in [3.05, 3.63) is 95.9 Å². The maximum Gasteiger partial charge on any atom is 0.323 e. The average molecular weight is 517 g/mol. The van der Waals surface area contributed by atoms with Gasteiger partial charge >= 0.3 is 6.03 Å². The smallest absolute Gasteiger partial charge is 0.322 e. The summed E-state index contributed by atoms with van der Waals surface area (Å²) in [7, 11) is 2.14. The van der Waals surface area contributed by atoms with Crippen LogP contribution >= 0.6 is 0 Å². The van der Waals surface area contributed by atoms with Gasteiger partial charge in [-0.3, -0.25) is 14.7 Å². The SMILES string of the molecule is C=CC(/C=C/NC(=O)Nc1cc(NC(=O)c2ccc(CN3CCN(C)CC3)cc2)ccc1C)=C\N=C.CC. The van der Waals surface area contributed by atoms with Gasteiger partial charge in [0.05, 0.1) is 0 Å². The molecular formula is C30H40N6O2. The quantitative estimate of drug-likeness (QED) is 0.306. The number of aliphatic imine (C=N–C) groups is 1. The first-order valence-electron chi connectivity index (χ1n) is 12.8. The number of urea groups is 1. The van der Waals surface area contributed by atoms with E-state index in [1.54, 1.807) is 24.3 Å². The third-order valence-corrected chi connectivity index (χ3v) is 5.93. The van der Waals surface area contributed by atoms with Gasteiger partial charge in [-0.15, -0.1) is 0 Å². The number of carbonyl (C=O) groups is 2. The predicted octanol–water partition coefficient (Wildman–Crippen LogP) is 5.43. The molecule has 38 heavy (non-hydrogen) atoms. The highest BCUT2D eigenvalue weighted by molar-refractivity contribution is 6.04. The second-order valence-corrected chi connectivity index (χ2v) is 8.71. The summed E-state index contributed by atoms with van der Waals surface area (Å²) in [5.74, 6) is -0.206. The molecule has 1 fully saturated rings. The summed E-state index contributed by atoms with van der Waals surface area (Å²) in [4.78, 5) is 33.5. The Morgan fingerprint density at radius 3 is 2.34 bits per heavy atom. The molecule has 1 aliphatic rings.